The Kier molecular flexibility index (Phi) is 6.05. The van der Waals surface area contributed by atoms with E-state index < -0.39 is 24.5 Å². The number of carbonyl (C=O) groups is 2. The first kappa shape index (κ1) is 19.1. The van der Waals surface area contributed by atoms with E-state index in [1.807, 2.05) is 0 Å². The van der Waals surface area contributed by atoms with Gasteiger partial charge in [0.05, 0.1) is 26.0 Å². The van der Waals surface area contributed by atoms with E-state index in [0.29, 0.717) is 17.2 Å². The molecule has 26 heavy (non-hydrogen) atoms. The molecule has 2 aromatic rings. The Morgan fingerprint density at radius 1 is 1.31 bits per heavy atom. The smallest absolute Gasteiger partial charge is 0.346 e. The number of aromatic nitrogens is 1. The highest BCUT2D eigenvalue weighted by Crippen LogP contribution is 2.29. The molecule has 9 nitrogen and oxygen atoms in total. The summed E-state index contributed by atoms with van der Waals surface area (Å²) in [6.07, 6.45) is 0. The van der Waals surface area contributed by atoms with Gasteiger partial charge in [0.15, 0.2) is 6.61 Å². The molecule has 1 aromatic carbocycles. The number of ether oxygens (including phenoxy) is 3. The molecule has 0 radical (unpaired) electrons. The van der Waals surface area contributed by atoms with Crippen molar-refractivity contribution in [2.45, 2.75) is 19.9 Å². The van der Waals surface area contributed by atoms with Crippen LogP contribution >= 0.6 is 0 Å². The summed E-state index contributed by atoms with van der Waals surface area (Å²) in [6, 6.07) is 4.86. The normalized spacial score (nSPS) is 11.5. The number of rotatable bonds is 7. The minimum Gasteiger partial charge on any atom is -0.497 e. The number of nitrogens with one attached hydrogen (secondary N) is 1. The van der Waals surface area contributed by atoms with Gasteiger partial charge in [-0.3, -0.25) is 4.79 Å². The topological polar surface area (TPSA) is 126 Å². The van der Waals surface area contributed by atoms with Crippen molar-refractivity contribution in [3.05, 3.63) is 35.0 Å². The highest BCUT2D eigenvalue weighted by Gasteiger charge is 2.22. The van der Waals surface area contributed by atoms with Crippen molar-refractivity contribution in [1.29, 1.82) is 0 Å². The Morgan fingerprint density at radius 3 is 2.62 bits per heavy atom. The number of esters is 1. The van der Waals surface area contributed by atoms with E-state index in [2.05, 4.69) is 10.5 Å². The lowest BCUT2D eigenvalue weighted by Crippen LogP contribution is -2.31. The zero-order valence-electron chi connectivity index (χ0n) is 15.0. The van der Waals surface area contributed by atoms with E-state index in [4.69, 9.17) is 24.5 Å². The summed E-state index contributed by atoms with van der Waals surface area (Å²) in [7, 11) is 3.08. The number of nitrogen functional groups attached to an aromatic ring is 1. The van der Waals surface area contributed by atoms with Crippen LogP contribution < -0.4 is 20.5 Å². The van der Waals surface area contributed by atoms with Gasteiger partial charge in [0.1, 0.15) is 17.1 Å². The van der Waals surface area contributed by atoms with Crippen LogP contribution in [0.3, 0.4) is 0 Å². The Morgan fingerprint density at radius 2 is 2.04 bits per heavy atom. The van der Waals surface area contributed by atoms with E-state index in [1.54, 1.807) is 39.2 Å². The Labute approximate surface area is 150 Å². The fourth-order valence-corrected chi connectivity index (χ4v) is 2.38. The molecule has 1 unspecified atom stereocenters. The van der Waals surface area contributed by atoms with Gasteiger partial charge in [0, 0.05) is 5.56 Å². The Bertz CT molecular complexity index is 782. The highest BCUT2D eigenvalue weighted by molar-refractivity contribution is 5.96. The summed E-state index contributed by atoms with van der Waals surface area (Å²) in [6.45, 7) is 2.85. The van der Waals surface area contributed by atoms with Crippen LogP contribution in [0.1, 0.15) is 34.6 Å². The van der Waals surface area contributed by atoms with Crippen LogP contribution in [0.15, 0.2) is 22.7 Å². The molecule has 0 bridgehead atoms. The number of anilines is 1. The predicted molar refractivity (Wildman–Crippen MR) is 92.0 cm³/mol. The molecule has 0 aliphatic heterocycles. The molecule has 0 aliphatic carbocycles. The maximum absolute atomic E-state index is 12.1. The lowest BCUT2D eigenvalue weighted by molar-refractivity contribution is -0.124. The van der Waals surface area contributed by atoms with Crippen LogP contribution in [0.25, 0.3) is 0 Å². The predicted octanol–water partition coefficient (Wildman–Crippen LogP) is 1.62. The maximum Gasteiger partial charge on any atom is 0.346 e. The number of amides is 1. The van der Waals surface area contributed by atoms with Crippen molar-refractivity contribution in [1.82, 2.24) is 10.5 Å². The molecule has 2 rings (SSSR count). The van der Waals surface area contributed by atoms with Crippen molar-refractivity contribution in [2.24, 2.45) is 0 Å². The van der Waals surface area contributed by atoms with Crippen molar-refractivity contribution in [2.75, 3.05) is 26.6 Å². The van der Waals surface area contributed by atoms with Gasteiger partial charge in [0.25, 0.3) is 5.91 Å². The number of hydrogen-bond acceptors (Lipinski definition) is 8. The molecule has 1 aromatic heterocycles. The van der Waals surface area contributed by atoms with Crippen LogP contribution in [0, 0.1) is 6.92 Å². The zero-order chi connectivity index (χ0) is 19.3. The molecule has 0 saturated heterocycles. The fourth-order valence-electron chi connectivity index (χ4n) is 2.38. The molecule has 3 N–H and O–H groups in total. The van der Waals surface area contributed by atoms with Crippen molar-refractivity contribution >= 4 is 17.8 Å². The van der Waals surface area contributed by atoms with E-state index in [0.717, 1.165) is 5.56 Å². The number of nitrogens with two attached hydrogens (primary N) is 1. The standard InChI is InChI=1S/C17H21N3O6/c1-9(12-7-11(23-3)5-6-13(12)24-4)19-14(21)8-25-17(22)15-10(2)20-26-16(15)18/h5-7,9H,8,18H2,1-4H3,(H,19,21). The van der Waals surface area contributed by atoms with Crippen LogP contribution in [-0.2, 0) is 9.53 Å². The van der Waals surface area contributed by atoms with Crippen LogP contribution in [0.2, 0.25) is 0 Å². The molecule has 1 atom stereocenters. The largest absolute Gasteiger partial charge is 0.497 e. The second kappa shape index (κ2) is 8.24. The Hall–Kier alpha value is -3.23. The number of nitrogens with zero attached hydrogens (tertiary/aromatic N) is 1. The molecule has 0 aliphatic rings. The zero-order valence-corrected chi connectivity index (χ0v) is 15.0. The van der Waals surface area contributed by atoms with Gasteiger partial charge in [-0.15, -0.1) is 0 Å². The van der Waals surface area contributed by atoms with Crippen LogP contribution in [-0.4, -0.2) is 37.9 Å². The third kappa shape index (κ3) is 4.24. The van der Waals surface area contributed by atoms with Crippen molar-refractivity contribution < 1.29 is 28.3 Å². The van der Waals surface area contributed by atoms with Gasteiger partial charge in [0.2, 0.25) is 5.88 Å². The SMILES string of the molecule is COc1ccc(OC)c(C(C)NC(=O)COC(=O)c2c(C)noc2N)c1. The van der Waals surface area contributed by atoms with Gasteiger partial charge in [-0.05, 0) is 32.0 Å². The second-order valence-electron chi connectivity index (χ2n) is 5.48. The maximum atomic E-state index is 12.1. The van der Waals surface area contributed by atoms with E-state index in [9.17, 15) is 9.59 Å². The van der Waals surface area contributed by atoms with E-state index in [1.165, 1.54) is 7.11 Å². The van der Waals surface area contributed by atoms with Crippen LogP contribution in [0.5, 0.6) is 11.5 Å². The first-order valence-electron chi connectivity index (χ1n) is 7.77. The number of hydrogen-bond donors (Lipinski definition) is 2. The summed E-state index contributed by atoms with van der Waals surface area (Å²) >= 11 is 0. The van der Waals surface area contributed by atoms with Crippen LogP contribution in [0.4, 0.5) is 5.88 Å². The lowest BCUT2D eigenvalue weighted by atomic mass is 10.1. The molecule has 0 fully saturated rings. The highest BCUT2D eigenvalue weighted by atomic mass is 16.5. The summed E-state index contributed by atoms with van der Waals surface area (Å²) in [5, 5.41) is 6.29. The van der Waals surface area contributed by atoms with Gasteiger partial charge >= 0.3 is 5.97 Å². The molecule has 140 valence electrons. The minimum atomic E-state index is -0.775. The number of benzene rings is 1. The Balaban J connectivity index is 1.98. The average molecular weight is 363 g/mol. The third-order valence-corrected chi connectivity index (χ3v) is 3.71. The first-order chi connectivity index (χ1) is 12.4. The number of methoxy groups -OCH3 is 2. The first-order valence-corrected chi connectivity index (χ1v) is 7.77. The van der Waals surface area contributed by atoms with Gasteiger partial charge in [-0.25, -0.2) is 4.79 Å². The molecule has 1 heterocycles. The summed E-state index contributed by atoms with van der Waals surface area (Å²) in [5.41, 5.74) is 6.54. The summed E-state index contributed by atoms with van der Waals surface area (Å²) < 4.78 is 20.1. The van der Waals surface area contributed by atoms with Gasteiger partial charge in [-0.2, -0.15) is 0 Å². The van der Waals surface area contributed by atoms with E-state index in [-0.39, 0.29) is 11.4 Å². The molecular formula is C17H21N3O6. The van der Waals surface area contributed by atoms with Crippen molar-refractivity contribution in [3.8, 4) is 11.5 Å². The molecule has 0 spiro atoms. The van der Waals surface area contributed by atoms with Crippen molar-refractivity contribution in [3.63, 3.8) is 0 Å². The lowest BCUT2D eigenvalue weighted by Gasteiger charge is -2.18. The summed E-state index contributed by atoms with van der Waals surface area (Å²) in [5.74, 6) is -0.177. The minimum absolute atomic E-state index is 0.0142. The van der Waals surface area contributed by atoms with E-state index >= 15 is 0 Å². The summed E-state index contributed by atoms with van der Waals surface area (Å²) in [4.78, 5) is 24.1. The molecular weight excluding hydrogens is 342 g/mol. The second-order valence-corrected chi connectivity index (χ2v) is 5.48. The quantitative estimate of drug-likeness (QED) is 0.711. The molecule has 9 heteroatoms. The van der Waals surface area contributed by atoms with Gasteiger partial charge in [-0.1, -0.05) is 5.16 Å². The fraction of sp³-hybridized carbons (Fsp3) is 0.353. The number of aryl methyl sites for hydroxylation is 1. The molecule has 1 amide bonds. The average Bonchev–Trinajstić information content (AvgIpc) is 2.97. The number of carbonyl (C=O) groups excluding carboxylic acids is 2. The molecule has 0 saturated carbocycles. The third-order valence-electron chi connectivity index (χ3n) is 3.71. The monoisotopic (exact) mass is 363 g/mol. The van der Waals surface area contributed by atoms with Gasteiger partial charge < -0.3 is 29.8 Å².